The minimum Gasteiger partial charge on any atom is -0.379 e. The third kappa shape index (κ3) is 5.11. The molecule has 1 aliphatic heterocycles. The van der Waals surface area contributed by atoms with E-state index in [9.17, 15) is 4.79 Å². The van der Waals surface area contributed by atoms with Crippen molar-refractivity contribution in [1.29, 1.82) is 0 Å². The van der Waals surface area contributed by atoms with Gasteiger partial charge >= 0.3 is 0 Å². The Balaban J connectivity index is 1.92. The number of halogens is 1. The van der Waals surface area contributed by atoms with Crippen LogP contribution in [0, 0.1) is 0 Å². The van der Waals surface area contributed by atoms with E-state index < -0.39 is 0 Å². The molecule has 1 amide bonds. The largest absolute Gasteiger partial charge is 0.379 e. The summed E-state index contributed by atoms with van der Waals surface area (Å²) in [4.78, 5) is 12.8. The maximum atomic E-state index is 12.2. The van der Waals surface area contributed by atoms with Crippen LogP contribution < -0.4 is 5.32 Å². The summed E-state index contributed by atoms with van der Waals surface area (Å²) in [6.45, 7) is 5.77. The summed E-state index contributed by atoms with van der Waals surface area (Å²) in [6, 6.07) is 3.32. The van der Waals surface area contributed by atoms with Gasteiger partial charge in [-0.05, 0) is 32.4 Å². The van der Waals surface area contributed by atoms with Crippen molar-refractivity contribution in [2.45, 2.75) is 32.4 Å². The Morgan fingerprint density at radius 2 is 2.38 bits per heavy atom. The van der Waals surface area contributed by atoms with Gasteiger partial charge in [0, 0.05) is 6.61 Å². The van der Waals surface area contributed by atoms with E-state index in [0.717, 1.165) is 6.42 Å². The average molecular weight is 330 g/mol. The number of ether oxygens (including phenoxy) is 2. The third-order valence-electron chi connectivity index (χ3n) is 3.21. The monoisotopic (exact) mass is 329 g/mol. The van der Waals surface area contributed by atoms with Gasteiger partial charge in [0.2, 0.25) is 0 Å². The van der Waals surface area contributed by atoms with Gasteiger partial charge in [0.05, 0.1) is 34.6 Å². The van der Waals surface area contributed by atoms with Crippen molar-refractivity contribution in [3.63, 3.8) is 0 Å². The lowest BCUT2D eigenvalue weighted by molar-refractivity contribution is -0.0457. The molecule has 0 unspecified atom stereocenters. The lowest BCUT2D eigenvalue weighted by atomic mass is 10.1. The van der Waals surface area contributed by atoms with Gasteiger partial charge < -0.3 is 14.8 Å². The quantitative estimate of drug-likeness (QED) is 0.843. The van der Waals surface area contributed by atoms with Crippen molar-refractivity contribution in [2.24, 2.45) is 0 Å². The lowest BCUT2D eigenvalue weighted by Crippen LogP contribution is -2.50. The number of amides is 1. The highest BCUT2D eigenvalue weighted by Gasteiger charge is 2.28. The van der Waals surface area contributed by atoms with E-state index in [1.165, 1.54) is 16.9 Å². The van der Waals surface area contributed by atoms with E-state index in [4.69, 9.17) is 21.1 Å². The Kier molecular flexibility index (Phi) is 6.23. The predicted octanol–water partition coefficient (Wildman–Crippen LogP) is 3.27. The second-order valence-electron chi connectivity index (χ2n) is 5.20. The summed E-state index contributed by atoms with van der Waals surface area (Å²) in [6.07, 6.45) is 2.80. The number of nitrogens with one attached hydrogen (secondary N) is 1. The molecule has 0 bridgehead atoms. The first-order valence-corrected chi connectivity index (χ1v) is 8.14. The van der Waals surface area contributed by atoms with Gasteiger partial charge in [-0.2, -0.15) is 0 Å². The maximum absolute atomic E-state index is 12.2. The van der Waals surface area contributed by atoms with Gasteiger partial charge in [-0.3, -0.25) is 4.79 Å². The maximum Gasteiger partial charge on any atom is 0.261 e. The number of carbonyl (C=O) groups excluding carboxylic acids is 1. The Morgan fingerprint density at radius 1 is 1.57 bits per heavy atom. The zero-order chi connectivity index (χ0) is 15.2. The molecule has 1 aromatic rings. The molecule has 1 N–H and O–H groups in total. The number of rotatable bonds is 5. The molecule has 6 heteroatoms. The molecule has 1 aliphatic rings. The van der Waals surface area contributed by atoms with Crippen LogP contribution in [0.4, 0.5) is 0 Å². The van der Waals surface area contributed by atoms with Crippen LogP contribution in [0.2, 0.25) is 4.34 Å². The minimum absolute atomic E-state index is 0.0197. The number of hydrogen-bond donors (Lipinski definition) is 1. The van der Waals surface area contributed by atoms with Crippen LogP contribution in [0.1, 0.15) is 29.9 Å². The molecule has 0 aliphatic carbocycles. The zero-order valence-corrected chi connectivity index (χ0v) is 13.8. The van der Waals surface area contributed by atoms with Crippen LogP contribution >= 0.6 is 22.9 Å². The van der Waals surface area contributed by atoms with Crippen LogP contribution in [0.25, 0.3) is 0 Å². The molecule has 116 valence electrons. The molecule has 2 rings (SSSR count). The molecule has 1 saturated heterocycles. The van der Waals surface area contributed by atoms with Crippen molar-refractivity contribution >= 4 is 28.8 Å². The van der Waals surface area contributed by atoms with Crippen molar-refractivity contribution < 1.29 is 14.3 Å². The topological polar surface area (TPSA) is 47.6 Å². The van der Waals surface area contributed by atoms with E-state index in [2.05, 4.69) is 5.32 Å². The fourth-order valence-corrected chi connectivity index (χ4v) is 3.01. The molecule has 0 spiro atoms. The van der Waals surface area contributed by atoms with Crippen molar-refractivity contribution in [3.8, 4) is 0 Å². The van der Waals surface area contributed by atoms with Gasteiger partial charge in [0.1, 0.15) is 0 Å². The molecular formula is C15H20ClNO3S. The number of allylic oxidation sites excluding steroid dienone is 1. The van der Waals surface area contributed by atoms with E-state index >= 15 is 0 Å². The van der Waals surface area contributed by atoms with Crippen molar-refractivity contribution in [1.82, 2.24) is 5.32 Å². The Hall–Kier alpha value is -0.880. The number of hydrogen-bond acceptors (Lipinski definition) is 4. The van der Waals surface area contributed by atoms with E-state index in [1.54, 1.807) is 12.1 Å². The van der Waals surface area contributed by atoms with Crippen molar-refractivity contribution in [3.05, 3.63) is 33.0 Å². The summed E-state index contributed by atoms with van der Waals surface area (Å²) < 4.78 is 11.9. The summed E-state index contributed by atoms with van der Waals surface area (Å²) in [5.74, 6) is -0.127. The standard InChI is InChI=1S/C15H20ClNO3S/c1-10(2)5-8-20-12-6-7-19-9-11(12)17-15(18)13-3-4-14(16)21-13/h3-5,11-12H,6-9H2,1-2H3,(H,17,18)/t11-,12+/m0/s1. The zero-order valence-electron chi connectivity index (χ0n) is 12.2. The summed E-state index contributed by atoms with van der Waals surface area (Å²) in [5.41, 5.74) is 1.22. The fraction of sp³-hybridized carbons (Fsp3) is 0.533. The van der Waals surface area contributed by atoms with E-state index in [1.807, 2.05) is 19.9 Å². The first-order chi connectivity index (χ1) is 10.1. The number of thiophene rings is 1. The average Bonchev–Trinajstić information content (AvgIpc) is 2.87. The van der Waals surface area contributed by atoms with Gasteiger partial charge in [-0.25, -0.2) is 0 Å². The van der Waals surface area contributed by atoms with Gasteiger partial charge in [0.25, 0.3) is 5.91 Å². The Bertz CT molecular complexity index is 511. The fourth-order valence-electron chi connectivity index (χ4n) is 2.07. The molecule has 0 aromatic carbocycles. The van der Waals surface area contributed by atoms with Crippen LogP contribution in [0.5, 0.6) is 0 Å². The Morgan fingerprint density at radius 3 is 3.05 bits per heavy atom. The molecule has 0 radical (unpaired) electrons. The Labute approximate surface area is 134 Å². The van der Waals surface area contributed by atoms with Gasteiger partial charge in [-0.15, -0.1) is 11.3 Å². The molecule has 0 saturated carbocycles. The molecular weight excluding hydrogens is 310 g/mol. The highest BCUT2D eigenvalue weighted by Crippen LogP contribution is 2.22. The SMILES string of the molecule is CC(C)=CCO[C@@H]1CCOC[C@@H]1NC(=O)c1ccc(Cl)s1. The van der Waals surface area contributed by atoms with Crippen LogP contribution in [0.3, 0.4) is 0 Å². The third-order valence-corrected chi connectivity index (χ3v) is 4.44. The molecule has 2 atom stereocenters. The highest BCUT2D eigenvalue weighted by molar-refractivity contribution is 7.17. The molecule has 1 aromatic heterocycles. The molecule has 2 heterocycles. The second-order valence-corrected chi connectivity index (χ2v) is 6.92. The van der Waals surface area contributed by atoms with Gasteiger partial charge in [0.15, 0.2) is 0 Å². The summed E-state index contributed by atoms with van der Waals surface area (Å²) in [5, 5.41) is 2.98. The molecule has 1 fully saturated rings. The van der Waals surface area contributed by atoms with Gasteiger partial charge in [-0.1, -0.05) is 23.3 Å². The van der Waals surface area contributed by atoms with Crippen molar-refractivity contribution in [2.75, 3.05) is 19.8 Å². The second kappa shape index (κ2) is 7.94. The molecule has 21 heavy (non-hydrogen) atoms. The van der Waals surface area contributed by atoms with Crippen LogP contribution in [0.15, 0.2) is 23.8 Å². The highest BCUT2D eigenvalue weighted by atomic mass is 35.5. The normalized spacial score (nSPS) is 21.9. The minimum atomic E-state index is -0.127. The first-order valence-electron chi connectivity index (χ1n) is 6.95. The molecule has 4 nitrogen and oxygen atoms in total. The summed E-state index contributed by atoms with van der Waals surface area (Å²) in [7, 11) is 0. The van der Waals surface area contributed by atoms with E-state index in [-0.39, 0.29) is 18.1 Å². The first kappa shape index (κ1) is 16.5. The lowest BCUT2D eigenvalue weighted by Gasteiger charge is -2.31. The summed E-state index contributed by atoms with van der Waals surface area (Å²) >= 11 is 7.13. The number of carbonyl (C=O) groups is 1. The van der Waals surface area contributed by atoms with E-state index in [0.29, 0.717) is 29.0 Å². The smallest absolute Gasteiger partial charge is 0.261 e. The van der Waals surface area contributed by atoms with Crippen LogP contribution in [-0.2, 0) is 9.47 Å². The predicted molar refractivity (Wildman–Crippen MR) is 85.2 cm³/mol. The van der Waals surface area contributed by atoms with Crippen LogP contribution in [-0.4, -0.2) is 37.9 Å².